The number of hydrogen-bond acceptors (Lipinski definition) is 3. The summed E-state index contributed by atoms with van der Waals surface area (Å²) >= 11 is 0. The van der Waals surface area contributed by atoms with E-state index >= 15 is 0 Å². The van der Waals surface area contributed by atoms with Crippen molar-refractivity contribution in [1.29, 1.82) is 0 Å². The molecule has 1 aromatic rings. The number of halogens is 3. The smallest absolute Gasteiger partial charge is 0.381 e. The molecule has 5 atom stereocenters. The molecule has 28 heavy (non-hydrogen) atoms. The Hall–Kier alpha value is -1.79. The molecule has 0 saturated heterocycles. The molecule has 152 valence electrons. The average Bonchev–Trinajstić information content (AvgIpc) is 3.11. The average molecular weight is 391 g/mol. The van der Waals surface area contributed by atoms with Crippen molar-refractivity contribution in [3.63, 3.8) is 0 Å². The van der Waals surface area contributed by atoms with Crippen LogP contribution in [0.3, 0.4) is 0 Å². The molecule has 2 unspecified atom stereocenters. The number of fused-ring (bicyclic) bond motifs is 3. The first-order valence-electron chi connectivity index (χ1n) is 10.2. The summed E-state index contributed by atoms with van der Waals surface area (Å²) in [7, 11) is 0. The minimum absolute atomic E-state index is 0.151. The first-order chi connectivity index (χ1) is 13.5. The Morgan fingerprint density at radius 1 is 1.18 bits per heavy atom. The van der Waals surface area contributed by atoms with Crippen LogP contribution in [0.4, 0.5) is 18.9 Å². The highest BCUT2D eigenvalue weighted by Crippen LogP contribution is 2.51. The monoisotopic (exact) mass is 391 g/mol. The van der Waals surface area contributed by atoms with Gasteiger partial charge in [-0.15, -0.1) is 0 Å². The van der Waals surface area contributed by atoms with Crippen LogP contribution >= 0.6 is 0 Å². The molecule has 6 heteroatoms. The third-order valence-corrected chi connectivity index (χ3v) is 6.46. The normalized spacial score (nSPS) is 31.4. The summed E-state index contributed by atoms with van der Waals surface area (Å²) in [4.78, 5) is 0. The van der Waals surface area contributed by atoms with Gasteiger partial charge < -0.3 is 16.4 Å². The highest BCUT2D eigenvalue weighted by Gasteiger charge is 2.46. The number of nitrogens with one attached hydrogen (secondary N) is 2. The first-order valence-corrected chi connectivity index (χ1v) is 10.2. The molecule has 1 saturated carbocycles. The molecule has 0 radical (unpaired) electrons. The molecule has 1 aliphatic heterocycles. The van der Waals surface area contributed by atoms with E-state index in [0.717, 1.165) is 43.5 Å². The number of benzene rings is 1. The summed E-state index contributed by atoms with van der Waals surface area (Å²) in [6, 6.07) is 4.77. The molecule has 4 rings (SSSR count). The van der Waals surface area contributed by atoms with E-state index in [1.165, 1.54) is 12.1 Å². The van der Waals surface area contributed by atoms with Crippen molar-refractivity contribution < 1.29 is 13.2 Å². The molecule has 1 fully saturated rings. The van der Waals surface area contributed by atoms with Gasteiger partial charge in [-0.3, -0.25) is 0 Å². The van der Waals surface area contributed by atoms with Crippen molar-refractivity contribution in [1.82, 2.24) is 5.32 Å². The fraction of sp³-hybridized carbons (Fsp3) is 0.545. The van der Waals surface area contributed by atoms with Gasteiger partial charge in [-0.05, 0) is 74.4 Å². The van der Waals surface area contributed by atoms with Crippen LogP contribution in [0.2, 0.25) is 0 Å². The van der Waals surface area contributed by atoms with E-state index in [4.69, 9.17) is 5.73 Å². The molecule has 3 nitrogen and oxygen atoms in total. The Balaban J connectivity index is 1.63. The van der Waals surface area contributed by atoms with E-state index in [0.29, 0.717) is 24.4 Å². The van der Waals surface area contributed by atoms with Crippen molar-refractivity contribution in [2.45, 2.75) is 49.9 Å². The van der Waals surface area contributed by atoms with Crippen molar-refractivity contribution in [2.24, 2.45) is 17.6 Å². The predicted molar refractivity (Wildman–Crippen MR) is 106 cm³/mol. The molecule has 0 bridgehead atoms. The summed E-state index contributed by atoms with van der Waals surface area (Å²) in [5.74, 6) is 0.849. The summed E-state index contributed by atoms with van der Waals surface area (Å²) in [6.07, 6.45) is 8.00. The lowest BCUT2D eigenvalue weighted by atomic mass is 9.73. The first kappa shape index (κ1) is 19.5. The van der Waals surface area contributed by atoms with Crippen molar-refractivity contribution in [3.8, 4) is 0 Å². The maximum atomic E-state index is 13.3. The molecular weight excluding hydrogens is 363 g/mol. The Morgan fingerprint density at radius 2 is 2.04 bits per heavy atom. The minimum atomic E-state index is -4.31. The molecule has 3 aliphatic rings. The fourth-order valence-corrected chi connectivity index (χ4v) is 5.15. The highest BCUT2D eigenvalue weighted by atomic mass is 19.4. The van der Waals surface area contributed by atoms with E-state index in [-0.39, 0.29) is 12.0 Å². The molecule has 1 aromatic carbocycles. The standard InChI is InChI=1S/C22H28F3N3/c23-22(24,25)15-7-8-20-18(11-15)17-12-16(27-10-4-9-26)13-19(17)21(28-20)14-5-2-1-3-6-14/h1-3,5,7-8,11,14,16-17,19,21,27-28H,4,6,9-10,12-13,26H2/t14?,16-,17?,19+,21-/m0/s1. The van der Waals surface area contributed by atoms with Gasteiger partial charge >= 0.3 is 6.18 Å². The van der Waals surface area contributed by atoms with Crippen LogP contribution in [-0.2, 0) is 6.18 Å². The van der Waals surface area contributed by atoms with Gasteiger partial charge in [-0.2, -0.15) is 13.2 Å². The molecule has 1 heterocycles. The second kappa shape index (κ2) is 7.91. The molecule has 4 N–H and O–H groups in total. The van der Waals surface area contributed by atoms with Crippen LogP contribution in [0.15, 0.2) is 42.5 Å². The van der Waals surface area contributed by atoms with Crippen LogP contribution in [0.1, 0.15) is 42.7 Å². The number of allylic oxidation sites excluding steroid dienone is 3. The van der Waals surface area contributed by atoms with E-state index < -0.39 is 11.7 Å². The molecular formula is C22H28F3N3. The van der Waals surface area contributed by atoms with Crippen molar-refractivity contribution in [2.75, 3.05) is 18.4 Å². The predicted octanol–water partition coefficient (Wildman–Crippen LogP) is 4.43. The topological polar surface area (TPSA) is 50.1 Å². The summed E-state index contributed by atoms with van der Waals surface area (Å²) in [6.45, 7) is 1.51. The van der Waals surface area contributed by atoms with E-state index in [1.54, 1.807) is 6.07 Å². The van der Waals surface area contributed by atoms with Crippen LogP contribution < -0.4 is 16.4 Å². The van der Waals surface area contributed by atoms with Gasteiger partial charge in [0, 0.05) is 23.7 Å². The Labute approximate surface area is 164 Å². The second-order valence-electron chi connectivity index (χ2n) is 8.22. The number of rotatable bonds is 5. The zero-order chi connectivity index (χ0) is 19.7. The van der Waals surface area contributed by atoms with Gasteiger partial charge in [-0.1, -0.05) is 24.3 Å². The van der Waals surface area contributed by atoms with Crippen LogP contribution in [0.25, 0.3) is 0 Å². The summed E-state index contributed by atoms with van der Waals surface area (Å²) in [5.41, 5.74) is 6.74. The van der Waals surface area contributed by atoms with Crippen LogP contribution in [0, 0.1) is 11.8 Å². The second-order valence-corrected chi connectivity index (χ2v) is 8.22. The van der Waals surface area contributed by atoms with Gasteiger partial charge in [0.2, 0.25) is 0 Å². The molecule has 0 spiro atoms. The third kappa shape index (κ3) is 3.85. The van der Waals surface area contributed by atoms with Gasteiger partial charge in [0.15, 0.2) is 0 Å². The largest absolute Gasteiger partial charge is 0.416 e. The number of alkyl halides is 3. The van der Waals surface area contributed by atoms with E-state index in [1.807, 2.05) is 0 Å². The van der Waals surface area contributed by atoms with Gasteiger partial charge in [0.1, 0.15) is 0 Å². The SMILES string of the molecule is NCCCN[C@H]1CC2c3cc(C(F)(F)F)ccc3N[C@@H](C3C=CC=CC3)[C@@H]2C1. The maximum Gasteiger partial charge on any atom is 0.416 e. The maximum absolute atomic E-state index is 13.3. The third-order valence-electron chi connectivity index (χ3n) is 6.46. The number of hydrogen-bond donors (Lipinski definition) is 3. The Kier molecular flexibility index (Phi) is 5.52. The minimum Gasteiger partial charge on any atom is -0.381 e. The summed E-state index contributed by atoms with van der Waals surface area (Å²) in [5, 5.41) is 7.18. The highest BCUT2D eigenvalue weighted by molar-refractivity contribution is 5.59. The van der Waals surface area contributed by atoms with Gasteiger partial charge in [-0.25, -0.2) is 0 Å². The van der Waals surface area contributed by atoms with Crippen LogP contribution in [-0.4, -0.2) is 25.2 Å². The van der Waals surface area contributed by atoms with Crippen molar-refractivity contribution in [3.05, 3.63) is 53.6 Å². The Bertz CT molecular complexity index is 756. The lowest BCUT2D eigenvalue weighted by Gasteiger charge is -2.41. The van der Waals surface area contributed by atoms with Crippen LogP contribution in [0.5, 0.6) is 0 Å². The fourth-order valence-electron chi connectivity index (χ4n) is 5.15. The summed E-state index contributed by atoms with van der Waals surface area (Å²) < 4.78 is 39.9. The zero-order valence-corrected chi connectivity index (χ0v) is 15.9. The number of anilines is 1. The van der Waals surface area contributed by atoms with Gasteiger partial charge in [0.05, 0.1) is 5.56 Å². The quantitative estimate of drug-likeness (QED) is 0.651. The Morgan fingerprint density at radius 3 is 2.75 bits per heavy atom. The molecule has 0 aromatic heterocycles. The van der Waals surface area contributed by atoms with Crippen molar-refractivity contribution >= 4 is 5.69 Å². The van der Waals surface area contributed by atoms with E-state index in [9.17, 15) is 13.2 Å². The van der Waals surface area contributed by atoms with Gasteiger partial charge in [0.25, 0.3) is 0 Å². The van der Waals surface area contributed by atoms with E-state index in [2.05, 4.69) is 34.9 Å². The lowest BCUT2D eigenvalue weighted by Crippen LogP contribution is -2.41. The lowest BCUT2D eigenvalue weighted by molar-refractivity contribution is -0.137. The zero-order valence-electron chi connectivity index (χ0n) is 15.9. The number of nitrogens with two attached hydrogens (primary N) is 1. The molecule has 0 amide bonds. The molecule has 2 aliphatic carbocycles.